The normalized spacial score (nSPS) is 10.6. The monoisotopic (exact) mass is 330 g/mol. The Kier molecular flexibility index (Phi) is 6.63. The van der Waals surface area contributed by atoms with Crippen molar-refractivity contribution in [3.05, 3.63) is 64.2 Å². The Bertz CT molecular complexity index is 670. The highest BCUT2D eigenvalue weighted by molar-refractivity contribution is 6.30. The third-order valence-electron chi connectivity index (χ3n) is 3.68. The number of carbonyl (C=O) groups is 1. The van der Waals surface area contributed by atoms with E-state index in [0.29, 0.717) is 13.0 Å². The summed E-state index contributed by atoms with van der Waals surface area (Å²) < 4.78 is 0. The lowest BCUT2D eigenvalue weighted by Crippen LogP contribution is -2.23. The molecule has 3 nitrogen and oxygen atoms in total. The molecule has 1 amide bonds. The second kappa shape index (κ2) is 8.70. The van der Waals surface area contributed by atoms with Crippen LogP contribution in [0.3, 0.4) is 0 Å². The summed E-state index contributed by atoms with van der Waals surface area (Å²) in [5.74, 6) is 0.0361. The van der Waals surface area contributed by atoms with Gasteiger partial charge in [0.2, 0.25) is 5.91 Å². The summed E-state index contributed by atoms with van der Waals surface area (Å²) in [6.45, 7) is 5.51. The first-order chi connectivity index (χ1) is 11.0. The molecule has 0 radical (unpaired) electrons. The van der Waals surface area contributed by atoms with Gasteiger partial charge >= 0.3 is 0 Å². The van der Waals surface area contributed by atoms with Gasteiger partial charge in [-0.1, -0.05) is 35.9 Å². The molecule has 2 N–H and O–H groups in total. The molecule has 0 spiro atoms. The van der Waals surface area contributed by atoms with E-state index in [0.717, 1.165) is 34.8 Å². The first-order valence-electron chi connectivity index (χ1n) is 7.87. The molecule has 2 rings (SSSR count). The number of rotatable bonds is 7. The van der Waals surface area contributed by atoms with Gasteiger partial charge < -0.3 is 10.6 Å². The largest absolute Gasteiger partial charge is 0.326 e. The van der Waals surface area contributed by atoms with Gasteiger partial charge in [-0.15, -0.1) is 0 Å². The molecule has 23 heavy (non-hydrogen) atoms. The zero-order chi connectivity index (χ0) is 16.7. The number of aryl methyl sites for hydroxylation is 2. The van der Waals surface area contributed by atoms with Crippen LogP contribution >= 0.6 is 11.6 Å². The van der Waals surface area contributed by atoms with Gasteiger partial charge in [-0.3, -0.25) is 4.79 Å². The molecule has 4 heteroatoms. The molecular weight excluding hydrogens is 308 g/mol. The molecule has 0 aliphatic carbocycles. The molecule has 2 aromatic carbocycles. The van der Waals surface area contributed by atoms with Crippen molar-refractivity contribution in [2.75, 3.05) is 18.4 Å². The first kappa shape index (κ1) is 17.5. The van der Waals surface area contributed by atoms with Crippen molar-refractivity contribution in [1.29, 1.82) is 0 Å². The molecule has 0 heterocycles. The predicted octanol–water partition coefficient (Wildman–Crippen LogP) is 4.12. The molecule has 122 valence electrons. The van der Waals surface area contributed by atoms with Crippen LogP contribution in [-0.2, 0) is 11.2 Å². The molecule has 0 atom stereocenters. The van der Waals surface area contributed by atoms with E-state index < -0.39 is 0 Å². The average molecular weight is 331 g/mol. The van der Waals surface area contributed by atoms with Crippen LogP contribution in [0.5, 0.6) is 0 Å². The van der Waals surface area contributed by atoms with E-state index in [1.165, 1.54) is 5.56 Å². The van der Waals surface area contributed by atoms with Crippen LogP contribution in [0.15, 0.2) is 42.5 Å². The summed E-state index contributed by atoms with van der Waals surface area (Å²) in [7, 11) is 0. The van der Waals surface area contributed by atoms with Gasteiger partial charge in [-0.25, -0.2) is 0 Å². The molecule has 2 aromatic rings. The highest BCUT2D eigenvalue weighted by Gasteiger charge is 2.04. The molecule has 0 aliphatic rings. The van der Waals surface area contributed by atoms with Crippen molar-refractivity contribution in [3.63, 3.8) is 0 Å². The van der Waals surface area contributed by atoms with E-state index in [1.807, 2.05) is 50.2 Å². The van der Waals surface area contributed by atoms with Gasteiger partial charge in [0.05, 0.1) is 0 Å². The van der Waals surface area contributed by atoms with Crippen LogP contribution in [0.1, 0.15) is 23.1 Å². The van der Waals surface area contributed by atoms with Gasteiger partial charge in [0.15, 0.2) is 0 Å². The van der Waals surface area contributed by atoms with Crippen molar-refractivity contribution >= 4 is 23.2 Å². The van der Waals surface area contributed by atoms with Crippen LogP contribution < -0.4 is 10.6 Å². The van der Waals surface area contributed by atoms with Crippen LogP contribution in [0, 0.1) is 13.8 Å². The van der Waals surface area contributed by atoms with Crippen molar-refractivity contribution in [1.82, 2.24) is 5.32 Å². The number of carbonyl (C=O) groups excluding carboxylic acids is 1. The molecule has 0 aromatic heterocycles. The van der Waals surface area contributed by atoms with Crippen molar-refractivity contribution in [2.24, 2.45) is 0 Å². The Hall–Kier alpha value is -1.84. The summed E-state index contributed by atoms with van der Waals surface area (Å²) >= 11 is 5.95. The van der Waals surface area contributed by atoms with Gasteiger partial charge in [-0.2, -0.15) is 0 Å². The third-order valence-corrected chi connectivity index (χ3v) is 3.91. The minimum atomic E-state index is 0.0361. The number of halogens is 1. The smallest absolute Gasteiger partial charge is 0.225 e. The lowest BCUT2D eigenvalue weighted by atomic mass is 10.1. The van der Waals surface area contributed by atoms with E-state index >= 15 is 0 Å². The highest BCUT2D eigenvalue weighted by Crippen LogP contribution is 2.16. The lowest BCUT2D eigenvalue weighted by molar-refractivity contribution is -0.116. The summed E-state index contributed by atoms with van der Waals surface area (Å²) in [4.78, 5) is 12.0. The van der Waals surface area contributed by atoms with E-state index in [1.54, 1.807) is 0 Å². The van der Waals surface area contributed by atoms with E-state index in [9.17, 15) is 4.79 Å². The van der Waals surface area contributed by atoms with Crippen molar-refractivity contribution in [3.8, 4) is 0 Å². The van der Waals surface area contributed by atoms with Crippen LogP contribution in [-0.4, -0.2) is 19.0 Å². The van der Waals surface area contributed by atoms with Crippen molar-refractivity contribution < 1.29 is 4.79 Å². The van der Waals surface area contributed by atoms with E-state index in [4.69, 9.17) is 11.6 Å². The fourth-order valence-electron chi connectivity index (χ4n) is 2.34. The standard InChI is InChI=1S/C19H23ClN2O/c1-14-6-7-15(2)18(12-14)22-19(23)9-11-21-10-8-16-4-3-5-17(20)13-16/h3-7,12-13,21H,8-11H2,1-2H3,(H,22,23). The molecule has 0 saturated heterocycles. The van der Waals surface area contributed by atoms with Gasteiger partial charge in [0.1, 0.15) is 0 Å². The predicted molar refractivity (Wildman–Crippen MR) is 97.2 cm³/mol. The number of benzene rings is 2. The number of amides is 1. The zero-order valence-corrected chi connectivity index (χ0v) is 14.4. The van der Waals surface area contributed by atoms with E-state index in [2.05, 4.69) is 16.7 Å². The third kappa shape index (κ3) is 6.05. The molecule has 0 unspecified atom stereocenters. The molecule has 0 saturated carbocycles. The second-order valence-corrected chi connectivity index (χ2v) is 6.18. The summed E-state index contributed by atoms with van der Waals surface area (Å²) in [6, 6.07) is 13.9. The van der Waals surface area contributed by atoms with Gasteiger partial charge in [0.25, 0.3) is 0 Å². The molecule has 0 aliphatic heterocycles. The average Bonchev–Trinajstić information content (AvgIpc) is 2.51. The SMILES string of the molecule is Cc1ccc(C)c(NC(=O)CCNCCc2cccc(Cl)c2)c1. The summed E-state index contributed by atoms with van der Waals surface area (Å²) in [6.07, 6.45) is 1.36. The topological polar surface area (TPSA) is 41.1 Å². The van der Waals surface area contributed by atoms with Crippen molar-refractivity contribution in [2.45, 2.75) is 26.7 Å². The summed E-state index contributed by atoms with van der Waals surface area (Å²) in [5.41, 5.74) is 4.32. The van der Waals surface area contributed by atoms with Crippen LogP contribution in [0.2, 0.25) is 5.02 Å². The minimum absolute atomic E-state index is 0.0361. The minimum Gasteiger partial charge on any atom is -0.326 e. The van der Waals surface area contributed by atoms with E-state index in [-0.39, 0.29) is 5.91 Å². The maximum Gasteiger partial charge on any atom is 0.225 e. The Balaban J connectivity index is 1.68. The maximum absolute atomic E-state index is 12.0. The number of hydrogen-bond donors (Lipinski definition) is 2. The second-order valence-electron chi connectivity index (χ2n) is 5.75. The van der Waals surface area contributed by atoms with Gasteiger partial charge in [0, 0.05) is 23.7 Å². The van der Waals surface area contributed by atoms with Crippen LogP contribution in [0.25, 0.3) is 0 Å². The molecule has 0 bridgehead atoms. The number of anilines is 1. The Morgan fingerprint density at radius 1 is 1.09 bits per heavy atom. The lowest BCUT2D eigenvalue weighted by Gasteiger charge is -2.10. The maximum atomic E-state index is 12.0. The fraction of sp³-hybridized carbons (Fsp3) is 0.316. The Labute approximate surface area is 143 Å². The Morgan fingerprint density at radius 2 is 1.91 bits per heavy atom. The van der Waals surface area contributed by atoms with Gasteiger partial charge in [-0.05, 0) is 61.7 Å². The number of nitrogens with one attached hydrogen (secondary N) is 2. The van der Waals surface area contributed by atoms with Crippen LogP contribution in [0.4, 0.5) is 5.69 Å². The number of hydrogen-bond acceptors (Lipinski definition) is 2. The fourth-order valence-corrected chi connectivity index (χ4v) is 2.55. The molecule has 0 fully saturated rings. The quantitative estimate of drug-likeness (QED) is 0.750. The molecular formula is C19H23ClN2O. The summed E-state index contributed by atoms with van der Waals surface area (Å²) in [5, 5.41) is 7.02. The Morgan fingerprint density at radius 3 is 2.70 bits per heavy atom. The first-order valence-corrected chi connectivity index (χ1v) is 8.24. The zero-order valence-electron chi connectivity index (χ0n) is 13.7. The highest BCUT2D eigenvalue weighted by atomic mass is 35.5.